The Morgan fingerprint density at radius 3 is 2.18 bits per heavy atom. The smallest absolute Gasteiger partial charge is 0.407 e. The fourth-order valence-corrected chi connectivity index (χ4v) is 4.79. The highest BCUT2D eigenvalue weighted by Crippen LogP contribution is 2.44. The lowest BCUT2D eigenvalue weighted by atomic mass is 9.95. The zero-order valence-electron chi connectivity index (χ0n) is 19.7. The molecule has 2 atom stereocenters. The lowest BCUT2D eigenvalue weighted by Crippen LogP contribution is -2.59. The molecule has 7 heteroatoms. The molecule has 0 radical (unpaired) electrons. The van der Waals surface area contributed by atoms with Gasteiger partial charge in [0, 0.05) is 5.92 Å². The van der Waals surface area contributed by atoms with Gasteiger partial charge in [0.1, 0.15) is 18.2 Å². The minimum absolute atomic E-state index is 0.0776. The van der Waals surface area contributed by atoms with Crippen molar-refractivity contribution in [2.75, 3.05) is 6.61 Å². The number of carbonyl (C=O) groups excluding carboxylic acids is 2. The number of hydrogen-bond acceptors (Lipinski definition) is 4. The highest BCUT2D eigenvalue weighted by atomic mass is 16.5. The van der Waals surface area contributed by atoms with Crippen LogP contribution in [0.3, 0.4) is 0 Å². The fraction of sp³-hybridized carbons (Fsp3) is 0.444. The summed E-state index contributed by atoms with van der Waals surface area (Å²) in [7, 11) is 0. The van der Waals surface area contributed by atoms with Gasteiger partial charge in [0.15, 0.2) is 0 Å². The van der Waals surface area contributed by atoms with Crippen LogP contribution in [0.4, 0.5) is 4.79 Å². The molecule has 2 aromatic carbocycles. The Bertz CT molecular complexity index is 1030. The third-order valence-electron chi connectivity index (χ3n) is 7.02. The van der Waals surface area contributed by atoms with Crippen LogP contribution in [-0.2, 0) is 14.3 Å². The highest BCUT2D eigenvalue weighted by Gasteiger charge is 2.49. The molecule has 2 aliphatic rings. The number of benzene rings is 2. The molecule has 0 spiro atoms. The first-order chi connectivity index (χ1) is 16.3. The monoisotopic (exact) mass is 464 g/mol. The second-order valence-corrected chi connectivity index (χ2v) is 9.44. The molecule has 4 rings (SSSR count). The van der Waals surface area contributed by atoms with Gasteiger partial charge in [-0.3, -0.25) is 4.79 Å². The molecule has 0 saturated heterocycles. The van der Waals surface area contributed by atoms with Crippen LogP contribution in [0.5, 0.6) is 0 Å². The van der Waals surface area contributed by atoms with E-state index < -0.39 is 29.6 Å². The predicted molar refractivity (Wildman–Crippen MR) is 128 cm³/mol. The molecule has 1 unspecified atom stereocenters. The lowest BCUT2D eigenvalue weighted by molar-refractivity contribution is -0.148. The Morgan fingerprint density at radius 2 is 1.65 bits per heavy atom. The van der Waals surface area contributed by atoms with E-state index in [1.807, 2.05) is 43.3 Å². The summed E-state index contributed by atoms with van der Waals surface area (Å²) >= 11 is 0. The molecule has 3 N–H and O–H groups in total. The maximum absolute atomic E-state index is 13.0. The van der Waals surface area contributed by atoms with Crippen molar-refractivity contribution in [2.24, 2.45) is 5.92 Å². The molecule has 1 saturated carbocycles. The largest absolute Gasteiger partial charge is 0.480 e. The van der Waals surface area contributed by atoms with Crippen LogP contribution in [-0.4, -0.2) is 41.3 Å². The minimum Gasteiger partial charge on any atom is -0.480 e. The topological polar surface area (TPSA) is 105 Å². The van der Waals surface area contributed by atoms with E-state index in [9.17, 15) is 19.5 Å². The van der Waals surface area contributed by atoms with Gasteiger partial charge in [-0.1, -0.05) is 68.3 Å². The number of carboxylic acids is 1. The molecular weight excluding hydrogens is 432 g/mol. The number of alkyl carbamates (subject to hydrolysis) is 1. The van der Waals surface area contributed by atoms with Crippen LogP contribution < -0.4 is 10.6 Å². The predicted octanol–water partition coefficient (Wildman–Crippen LogP) is 4.45. The lowest BCUT2D eigenvalue weighted by Gasteiger charge is -2.29. The Kier molecular flexibility index (Phi) is 6.91. The zero-order valence-corrected chi connectivity index (χ0v) is 19.7. The SMILES string of the molecule is CCCC[C@H](NC(=O)OCC1c2ccccc2-c2ccccc21)C(=O)NC(C)(C(=O)O)C1CC1. The van der Waals surface area contributed by atoms with Crippen molar-refractivity contribution in [2.45, 2.75) is 63.5 Å². The maximum Gasteiger partial charge on any atom is 0.407 e. The van der Waals surface area contributed by atoms with Gasteiger partial charge in [0.2, 0.25) is 5.91 Å². The highest BCUT2D eigenvalue weighted by molar-refractivity contribution is 5.91. The summed E-state index contributed by atoms with van der Waals surface area (Å²) in [5.41, 5.74) is 3.17. The molecular formula is C27H32N2O5. The van der Waals surface area contributed by atoms with E-state index in [0.717, 1.165) is 47.9 Å². The number of carboxylic acid groups (broad SMARTS) is 1. The van der Waals surface area contributed by atoms with Gasteiger partial charge in [0.05, 0.1) is 0 Å². The molecule has 2 aliphatic carbocycles. The molecule has 1 fully saturated rings. The van der Waals surface area contributed by atoms with Crippen molar-refractivity contribution in [3.05, 3.63) is 59.7 Å². The molecule has 0 bridgehead atoms. The second-order valence-electron chi connectivity index (χ2n) is 9.44. The number of rotatable bonds is 10. The molecule has 0 aliphatic heterocycles. The quantitative estimate of drug-likeness (QED) is 0.482. The third-order valence-corrected chi connectivity index (χ3v) is 7.02. The summed E-state index contributed by atoms with van der Waals surface area (Å²) in [6.07, 6.45) is 2.82. The van der Waals surface area contributed by atoms with Gasteiger partial charge < -0.3 is 20.5 Å². The summed E-state index contributed by atoms with van der Waals surface area (Å²) < 4.78 is 5.59. The molecule has 180 valence electrons. The molecule has 34 heavy (non-hydrogen) atoms. The average molecular weight is 465 g/mol. The van der Waals surface area contributed by atoms with E-state index in [4.69, 9.17) is 4.74 Å². The van der Waals surface area contributed by atoms with Crippen molar-refractivity contribution >= 4 is 18.0 Å². The van der Waals surface area contributed by atoms with E-state index >= 15 is 0 Å². The van der Waals surface area contributed by atoms with Crippen LogP contribution >= 0.6 is 0 Å². The Labute approximate surface area is 199 Å². The van der Waals surface area contributed by atoms with Gasteiger partial charge >= 0.3 is 12.1 Å². The summed E-state index contributed by atoms with van der Waals surface area (Å²) in [6, 6.07) is 15.3. The zero-order chi connectivity index (χ0) is 24.3. The number of ether oxygens (including phenoxy) is 1. The van der Waals surface area contributed by atoms with Gasteiger partial charge in [-0.05, 0) is 54.4 Å². The number of unbranched alkanes of at least 4 members (excludes halogenated alkanes) is 1. The summed E-state index contributed by atoms with van der Waals surface area (Å²) in [6.45, 7) is 3.68. The number of aliphatic carboxylic acids is 1. The van der Waals surface area contributed by atoms with Crippen LogP contribution in [0.2, 0.25) is 0 Å². The van der Waals surface area contributed by atoms with Crippen LogP contribution in [0.1, 0.15) is 63.0 Å². The second kappa shape index (κ2) is 9.87. The van der Waals surface area contributed by atoms with Crippen molar-refractivity contribution in [1.29, 1.82) is 0 Å². The minimum atomic E-state index is -1.33. The van der Waals surface area contributed by atoms with Crippen molar-refractivity contribution in [3.8, 4) is 11.1 Å². The van der Waals surface area contributed by atoms with Crippen molar-refractivity contribution < 1.29 is 24.2 Å². The number of nitrogens with one attached hydrogen (secondary N) is 2. The van der Waals surface area contributed by atoms with Crippen LogP contribution in [0.15, 0.2) is 48.5 Å². The van der Waals surface area contributed by atoms with E-state index in [-0.39, 0.29) is 18.4 Å². The normalized spacial score (nSPS) is 17.1. The number of amides is 2. The number of hydrogen-bond donors (Lipinski definition) is 3. The van der Waals surface area contributed by atoms with E-state index in [1.54, 1.807) is 0 Å². The molecule has 0 heterocycles. The fourth-order valence-electron chi connectivity index (χ4n) is 4.79. The van der Waals surface area contributed by atoms with E-state index in [1.165, 1.54) is 6.92 Å². The van der Waals surface area contributed by atoms with Gasteiger partial charge in [-0.15, -0.1) is 0 Å². The first-order valence-corrected chi connectivity index (χ1v) is 12.0. The van der Waals surface area contributed by atoms with Crippen molar-refractivity contribution in [1.82, 2.24) is 10.6 Å². The molecule has 2 amide bonds. The van der Waals surface area contributed by atoms with Crippen LogP contribution in [0.25, 0.3) is 11.1 Å². The van der Waals surface area contributed by atoms with E-state index in [2.05, 4.69) is 22.8 Å². The number of fused-ring (bicyclic) bond motifs is 3. The van der Waals surface area contributed by atoms with Gasteiger partial charge in [0.25, 0.3) is 0 Å². The van der Waals surface area contributed by atoms with E-state index in [0.29, 0.717) is 6.42 Å². The Morgan fingerprint density at radius 1 is 1.06 bits per heavy atom. The summed E-state index contributed by atoms with van der Waals surface area (Å²) in [5, 5.41) is 15.0. The summed E-state index contributed by atoms with van der Waals surface area (Å²) in [4.78, 5) is 37.5. The standard InChI is InChI=1S/C27H32N2O5/c1-3-4-13-23(24(30)29-27(2,25(31)32)17-14-15-17)28-26(33)34-16-22-20-11-7-5-9-18(20)19-10-6-8-12-21(19)22/h5-12,17,22-23H,3-4,13-16H2,1-2H3,(H,28,33)(H,29,30)(H,31,32)/t23-,27?/m0/s1. The summed E-state index contributed by atoms with van der Waals surface area (Å²) in [5.74, 6) is -1.71. The molecule has 7 nitrogen and oxygen atoms in total. The Balaban J connectivity index is 1.42. The van der Waals surface area contributed by atoms with Crippen molar-refractivity contribution in [3.63, 3.8) is 0 Å². The third kappa shape index (κ3) is 4.79. The Hall–Kier alpha value is -3.35. The van der Waals surface area contributed by atoms with Gasteiger partial charge in [-0.2, -0.15) is 0 Å². The van der Waals surface area contributed by atoms with Crippen LogP contribution in [0, 0.1) is 5.92 Å². The maximum atomic E-state index is 13.0. The number of carbonyl (C=O) groups is 3. The first kappa shape index (κ1) is 23.8. The molecule has 0 aromatic heterocycles. The molecule has 2 aromatic rings. The average Bonchev–Trinajstić information content (AvgIpc) is 3.64. The van der Waals surface area contributed by atoms with Gasteiger partial charge in [-0.25, -0.2) is 9.59 Å². The first-order valence-electron chi connectivity index (χ1n) is 12.0.